The predicted molar refractivity (Wildman–Crippen MR) is 78.9 cm³/mol. The molecule has 1 saturated heterocycles. The Bertz CT molecular complexity index is 223. The first-order valence-electron chi connectivity index (χ1n) is 8.28. The summed E-state index contributed by atoms with van der Waals surface area (Å²) in [5, 5.41) is 3.72. The van der Waals surface area contributed by atoms with Gasteiger partial charge in [0.15, 0.2) is 0 Å². The van der Waals surface area contributed by atoms with Gasteiger partial charge in [-0.1, -0.05) is 26.2 Å². The second-order valence-corrected chi connectivity index (χ2v) is 6.43. The number of nitrogens with one attached hydrogen (secondary N) is 1. The van der Waals surface area contributed by atoms with E-state index < -0.39 is 0 Å². The van der Waals surface area contributed by atoms with Crippen molar-refractivity contribution >= 4 is 0 Å². The van der Waals surface area contributed by atoms with Crippen molar-refractivity contribution in [1.82, 2.24) is 10.2 Å². The van der Waals surface area contributed by atoms with Crippen molar-refractivity contribution in [2.75, 3.05) is 19.6 Å². The molecule has 2 atom stereocenters. The molecule has 0 spiro atoms. The SMILES string of the molecule is CCCNC1CCCN(C(C)C2CCCCC2)C1. The molecule has 1 saturated carbocycles. The summed E-state index contributed by atoms with van der Waals surface area (Å²) in [6.07, 6.45) is 11.4. The fourth-order valence-corrected chi connectivity index (χ4v) is 3.81. The molecule has 0 aromatic carbocycles. The van der Waals surface area contributed by atoms with Crippen LogP contribution >= 0.6 is 0 Å². The monoisotopic (exact) mass is 252 g/mol. The number of hydrogen-bond acceptors (Lipinski definition) is 2. The zero-order chi connectivity index (χ0) is 12.8. The lowest BCUT2D eigenvalue weighted by atomic mass is 9.83. The van der Waals surface area contributed by atoms with Crippen LogP contribution in [0.3, 0.4) is 0 Å². The first-order chi connectivity index (χ1) is 8.81. The molecular weight excluding hydrogens is 220 g/mol. The van der Waals surface area contributed by atoms with Crippen LogP contribution in [0.1, 0.15) is 65.2 Å². The zero-order valence-electron chi connectivity index (χ0n) is 12.5. The number of likely N-dealkylation sites (tertiary alicyclic amines) is 1. The van der Waals surface area contributed by atoms with Crippen LogP contribution in [-0.4, -0.2) is 36.6 Å². The van der Waals surface area contributed by atoms with Crippen molar-refractivity contribution in [2.24, 2.45) is 5.92 Å². The van der Waals surface area contributed by atoms with Crippen LogP contribution in [-0.2, 0) is 0 Å². The van der Waals surface area contributed by atoms with Gasteiger partial charge in [0, 0.05) is 18.6 Å². The van der Waals surface area contributed by atoms with Gasteiger partial charge in [-0.3, -0.25) is 4.90 Å². The van der Waals surface area contributed by atoms with Gasteiger partial charge in [-0.15, -0.1) is 0 Å². The van der Waals surface area contributed by atoms with Gasteiger partial charge in [-0.2, -0.15) is 0 Å². The molecule has 2 aliphatic rings. The highest BCUT2D eigenvalue weighted by Gasteiger charge is 2.28. The number of nitrogens with zero attached hydrogens (tertiary/aromatic N) is 1. The molecule has 1 heterocycles. The highest BCUT2D eigenvalue weighted by molar-refractivity contribution is 4.85. The van der Waals surface area contributed by atoms with Crippen molar-refractivity contribution in [1.29, 1.82) is 0 Å². The second kappa shape index (κ2) is 7.49. The van der Waals surface area contributed by atoms with E-state index in [4.69, 9.17) is 0 Å². The minimum absolute atomic E-state index is 0.754. The van der Waals surface area contributed by atoms with Crippen LogP contribution in [0.25, 0.3) is 0 Å². The van der Waals surface area contributed by atoms with Crippen LogP contribution in [0.2, 0.25) is 0 Å². The number of hydrogen-bond donors (Lipinski definition) is 1. The van der Waals surface area contributed by atoms with Gasteiger partial charge in [0.25, 0.3) is 0 Å². The third kappa shape index (κ3) is 3.96. The molecule has 1 aliphatic heterocycles. The summed E-state index contributed by atoms with van der Waals surface area (Å²) in [5.74, 6) is 0.976. The van der Waals surface area contributed by atoms with Crippen LogP contribution in [0.4, 0.5) is 0 Å². The van der Waals surface area contributed by atoms with Gasteiger partial charge < -0.3 is 5.32 Å². The van der Waals surface area contributed by atoms with E-state index in [2.05, 4.69) is 24.1 Å². The summed E-state index contributed by atoms with van der Waals surface area (Å²) in [6, 6.07) is 1.57. The van der Waals surface area contributed by atoms with E-state index >= 15 is 0 Å². The molecule has 18 heavy (non-hydrogen) atoms. The largest absolute Gasteiger partial charge is 0.313 e. The van der Waals surface area contributed by atoms with Crippen molar-refractivity contribution < 1.29 is 0 Å². The Morgan fingerprint density at radius 2 is 1.89 bits per heavy atom. The average molecular weight is 252 g/mol. The Morgan fingerprint density at radius 3 is 2.61 bits per heavy atom. The third-order valence-electron chi connectivity index (χ3n) is 5.04. The summed E-state index contributed by atoms with van der Waals surface area (Å²) in [6.45, 7) is 8.56. The van der Waals surface area contributed by atoms with E-state index in [1.807, 2.05) is 0 Å². The minimum atomic E-state index is 0.754. The Morgan fingerprint density at radius 1 is 1.11 bits per heavy atom. The van der Waals surface area contributed by atoms with Gasteiger partial charge in [0.1, 0.15) is 0 Å². The molecule has 2 nitrogen and oxygen atoms in total. The standard InChI is InChI=1S/C16H32N2/c1-3-11-17-16-10-7-12-18(13-16)14(2)15-8-5-4-6-9-15/h14-17H,3-13H2,1-2H3. The van der Waals surface area contributed by atoms with Gasteiger partial charge in [-0.05, 0) is 58.0 Å². The summed E-state index contributed by atoms with van der Waals surface area (Å²) < 4.78 is 0. The van der Waals surface area contributed by atoms with E-state index in [-0.39, 0.29) is 0 Å². The molecule has 1 N–H and O–H groups in total. The van der Waals surface area contributed by atoms with Crippen molar-refractivity contribution in [3.63, 3.8) is 0 Å². The predicted octanol–water partition coefficient (Wildman–Crippen LogP) is 3.42. The molecule has 0 aromatic heterocycles. The smallest absolute Gasteiger partial charge is 0.0195 e. The normalized spacial score (nSPS) is 29.3. The molecule has 0 aromatic rings. The highest BCUT2D eigenvalue weighted by atomic mass is 15.2. The summed E-state index contributed by atoms with van der Waals surface area (Å²) in [5.41, 5.74) is 0. The van der Waals surface area contributed by atoms with Gasteiger partial charge >= 0.3 is 0 Å². The van der Waals surface area contributed by atoms with Gasteiger partial charge in [0.2, 0.25) is 0 Å². The molecule has 0 bridgehead atoms. The lowest BCUT2D eigenvalue weighted by Crippen LogP contribution is -2.51. The maximum absolute atomic E-state index is 3.72. The number of rotatable bonds is 5. The molecule has 106 valence electrons. The molecule has 2 rings (SSSR count). The number of piperidine rings is 1. The van der Waals surface area contributed by atoms with Crippen LogP contribution in [0.15, 0.2) is 0 Å². The van der Waals surface area contributed by atoms with Crippen LogP contribution in [0.5, 0.6) is 0 Å². The Balaban J connectivity index is 1.79. The van der Waals surface area contributed by atoms with Crippen molar-refractivity contribution in [2.45, 2.75) is 77.3 Å². The van der Waals surface area contributed by atoms with E-state index in [1.54, 1.807) is 0 Å². The van der Waals surface area contributed by atoms with E-state index in [0.29, 0.717) is 0 Å². The average Bonchev–Trinajstić information content (AvgIpc) is 2.45. The molecule has 2 fully saturated rings. The Labute approximate surface area is 114 Å². The molecule has 2 heteroatoms. The Hall–Kier alpha value is -0.0800. The molecule has 0 amide bonds. The fraction of sp³-hybridized carbons (Fsp3) is 1.00. The van der Waals surface area contributed by atoms with E-state index in [1.165, 1.54) is 71.0 Å². The summed E-state index contributed by atoms with van der Waals surface area (Å²) >= 11 is 0. The lowest BCUT2D eigenvalue weighted by molar-refractivity contribution is 0.0924. The first-order valence-corrected chi connectivity index (χ1v) is 8.28. The molecule has 0 radical (unpaired) electrons. The fourth-order valence-electron chi connectivity index (χ4n) is 3.81. The van der Waals surface area contributed by atoms with Crippen LogP contribution in [0, 0.1) is 5.92 Å². The van der Waals surface area contributed by atoms with Gasteiger partial charge in [0.05, 0.1) is 0 Å². The summed E-state index contributed by atoms with van der Waals surface area (Å²) in [4.78, 5) is 2.77. The van der Waals surface area contributed by atoms with Crippen molar-refractivity contribution in [3.8, 4) is 0 Å². The minimum Gasteiger partial charge on any atom is -0.313 e. The molecular formula is C16H32N2. The lowest BCUT2D eigenvalue weighted by Gasteiger charge is -2.41. The van der Waals surface area contributed by atoms with E-state index in [9.17, 15) is 0 Å². The quantitative estimate of drug-likeness (QED) is 0.806. The molecule has 1 aliphatic carbocycles. The topological polar surface area (TPSA) is 15.3 Å². The third-order valence-corrected chi connectivity index (χ3v) is 5.04. The first kappa shape index (κ1) is 14.3. The Kier molecular flexibility index (Phi) is 5.97. The zero-order valence-corrected chi connectivity index (χ0v) is 12.5. The van der Waals surface area contributed by atoms with E-state index in [0.717, 1.165) is 18.0 Å². The van der Waals surface area contributed by atoms with Crippen molar-refractivity contribution in [3.05, 3.63) is 0 Å². The highest BCUT2D eigenvalue weighted by Crippen LogP contribution is 2.30. The van der Waals surface area contributed by atoms with Gasteiger partial charge in [-0.25, -0.2) is 0 Å². The second-order valence-electron chi connectivity index (χ2n) is 6.43. The maximum Gasteiger partial charge on any atom is 0.0195 e. The summed E-state index contributed by atoms with van der Waals surface area (Å²) in [7, 11) is 0. The molecule has 2 unspecified atom stereocenters. The van der Waals surface area contributed by atoms with Crippen LogP contribution < -0.4 is 5.32 Å². The maximum atomic E-state index is 3.72.